The van der Waals surface area contributed by atoms with E-state index in [0.717, 1.165) is 17.3 Å². The van der Waals surface area contributed by atoms with E-state index in [1.165, 1.54) is 0 Å². The van der Waals surface area contributed by atoms with Crippen molar-refractivity contribution in [3.8, 4) is 5.75 Å². The van der Waals surface area contributed by atoms with Crippen LogP contribution in [0.3, 0.4) is 0 Å². The zero-order valence-electron chi connectivity index (χ0n) is 22.1. The zero-order valence-corrected chi connectivity index (χ0v) is 23.6. The van der Waals surface area contributed by atoms with Crippen LogP contribution in [-0.4, -0.2) is 72.8 Å². The number of rotatable bonds is 17. The summed E-state index contributed by atoms with van der Waals surface area (Å²) in [4.78, 5) is 25.4. The average Bonchev–Trinajstić information content (AvgIpc) is 2.85. The summed E-state index contributed by atoms with van der Waals surface area (Å²) in [5.41, 5.74) is 5.90. The van der Waals surface area contributed by atoms with Crippen LogP contribution in [0.5, 0.6) is 5.75 Å². The van der Waals surface area contributed by atoms with Gasteiger partial charge < -0.3 is 25.6 Å². The van der Waals surface area contributed by atoms with Crippen molar-refractivity contribution in [2.45, 2.75) is 59.1 Å². The highest BCUT2D eigenvalue weighted by atomic mass is 35.5. The van der Waals surface area contributed by atoms with E-state index in [0.29, 0.717) is 30.9 Å². The van der Waals surface area contributed by atoms with Crippen molar-refractivity contribution in [1.29, 1.82) is 0 Å². The molecule has 0 aliphatic carbocycles. The van der Waals surface area contributed by atoms with Crippen LogP contribution in [0.25, 0.3) is 0 Å². The van der Waals surface area contributed by atoms with Crippen LogP contribution in [0.1, 0.15) is 57.3 Å². The van der Waals surface area contributed by atoms with E-state index in [-0.39, 0.29) is 42.6 Å². The number of alkyl halides is 1. The largest absolute Gasteiger partial charge is 0.493 e. The number of carbonyl (C=O) groups excluding carboxylic acids is 2. The summed E-state index contributed by atoms with van der Waals surface area (Å²) < 4.78 is 12.0. The first-order valence-corrected chi connectivity index (χ1v) is 13.3. The van der Waals surface area contributed by atoms with Crippen LogP contribution >= 0.6 is 23.4 Å². The first kappa shape index (κ1) is 32.4. The molecule has 0 heterocycles. The maximum Gasteiger partial charge on any atom is 0.271 e. The fourth-order valence-electron chi connectivity index (χ4n) is 3.43. The number of aliphatic hydroxyl groups excluding tert-OH is 1. The Morgan fingerprint density at radius 3 is 2.44 bits per heavy atom. The number of nitrogens with two attached hydrogens (primary N) is 1. The number of aliphatic hydroxyl groups is 1. The lowest BCUT2D eigenvalue weighted by molar-refractivity contribution is -0.128. The van der Waals surface area contributed by atoms with Crippen LogP contribution in [0, 0.1) is 17.3 Å². The van der Waals surface area contributed by atoms with Crippen molar-refractivity contribution >= 4 is 35.2 Å². The molecule has 3 atom stereocenters. The van der Waals surface area contributed by atoms with Gasteiger partial charge in [0.15, 0.2) is 0 Å². The molecule has 206 valence electrons. The van der Waals surface area contributed by atoms with Gasteiger partial charge in [0.05, 0.1) is 23.7 Å². The molecule has 1 aromatic rings. The lowest BCUT2D eigenvalue weighted by atomic mass is 9.87. The molecular formula is C26H43Cl2N3O5. The molecule has 36 heavy (non-hydrogen) atoms. The zero-order chi connectivity index (χ0) is 27.3. The molecule has 10 heteroatoms. The highest BCUT2D eigenvalue weighted by Gasteiger charge is 2.29. The molecule has 2 amide bonds. The second-order valence-electron chi connectivity index (χ2n) is 10.1. The standard InChI is InChI=1S/C26H43Cl2N3O5/c1-18(2)19(14-21(29)22(32)15-30-25(34)26(3,4)17-27)16-31(28)24(33)20-10-6-7-11-23(20)36-13-9-8-12-35-5/h6-7,10-11,18-19,21-22,32H,8-9,12-17,29H2,1-5H3,(H,30,34)/t19-,21+,22+/m1/s1. The van der Waals surface area contributed by atoms with Crippen LogP contribution in [-0.2, 0) is 9.53 Å². The number of halogens is 2. The number of hydrogen-bond donors (Lipinski definition) is 3. The SMILES string of the molecule is COCCCCOc1ccccc1C(=O)N(Cl)C[C@@H](C[C@H](N)[C@@H](O)CNC(=O)C(C)(C)CCl)C(C)C. The molecule has 0 unspecified atom stereocenters. The molecule has 0 aliphatic heterocycles. The van der Waals surface area contributed by atoms with Crippen molar-refractivity contribution in [3.63, 3.8) is 0 Å². The Kier molecular flexibility index (Phi) is 14.7. The van der Waals surface area contributed by atoms with Crippen molar-refractivity contribution in [2.24, 2.45) is 23.0 Å². The minimum absolute atomic E-state index is 0.0176. The fraction of sp³-hybridized carbons (Fsp3) is 0.692. The summed E-state index contributed by atoms with van der Waals surface area (Å²) in [7, 11) is 1.66. The quantitative estimate of drug-likeness (QED) is 0.155. The van der Waals surface area contributed by atoms with Gasteiger partial charge in [-0.15, -0.1) is 11.6 Å². The van der Waals surface area contributed by atoms with Gasteiger partial charge in [-0.1, -0.05) is 26.0 Å². The normalized spacial score (nSPS) is 14.3. The number of amides is 2. The van der Waals surface area contributed by atoms with Gasteiger partial charge in [-0.3, -0.25) is 14.0 Å². The predicted molar refractivity (Wildman–Crippen MR) is 144 cm³/mol. The minimum atomic E-state index is -0.951. The molecule has 0 aliphatic rings. The lowest BCUT2D eigenvalue weighted by Gasteiger charge is -2.30. The third kappa shape index (κ3) is 10.8. The third-order valence-corrected chi connectivity index (χ3v) is 7.13. The molecule has 0 spiro atoms. The smallest absolute Gasteiger partial charge is 0.271 e. The first-order valence-electron chi connectivity index (χ1n) is 12.4. The van der Waals surface area contributed by atoms with Crippen molar-refractivity contribution in [2.75, 3.05) is 39.3 Å². The van der Waals surface area contributed by atoms with Crippen LogP contribution in [0.15, 0.2) is 24.3 Å². The molecule has 0 fully saturated rings. The molecule has 0 saturated heterocycles. The van der Waals surface area contributed by atoms with Gasteiger partial charge in [-0.25, -0.2) is 0 Å². The molecule has 1 rings (SSSR count). The van der Waals surface area contributed by atoms with Crippen LogP contribution in [0.2, 0.25) is 0 Å². The van der Waals surface area contributed by atoms with Crippen LogP contribution < -0.4 is 15.8 Å². The molecular weight excluding hydrogens is 505 g/mol. The van der Waals surface area contributed by atoms with E-state index < -0.39 is 17.6 Å². The topological polar surface area (TPSA) is 114 Å². The predicted octanol–water partition coefficient (Wildman–Crippen LogP) is 3.82. The number of carbonyl (C=O) groups is 2. The number of nitrogens with one attached hydrogen (secondary N) is 1. The van der Waals surface area contributed by atoms with Gasteiger partial charge in [0.1, 0.15) is 5.75 Å². The molecule has 0 aromatic heterocycles. The summed E-state index contributed by atoms with van der Waals surface area (Å²) >= 11 is 12.3. The second-order valence-corrected chi connectivity index (χ2v) is 10.8. The molecule has 0 saturated carbocycles. The molecule has 0 bridgehead atoms. The second kappa shape index (κ2) is 16.3. The third-order valence-electron chi connectivity index (χ3n) is 6.17. The van der Waals surface area contributed by atoms with Crippen molar-refractivity contribution < 1.29 is 24.2 Å². The maximum atomic E-state index is 13.1. The summed E-state index contributed by atoms with van der Waals surface area (Å²) in [5.74, 6) is 0.107. The Morgan fingerprint density at radius 2 is 1.83 bits per heavy atom. The Balaban J connectivity index is 2.73. The summed E-state index contributed by atoms with van der Waals surface area (Å²) in [6.45, 7) is 8.87. The molecule has 0 radical (unpaired) electrons. The molecule has 8 nitrogen and oxygen atoms in total. The van der Waals surface area contributed by atoms with E-state index in [1.807, 2.05) is 19.9 Å². The maximum absolute atomic E-state index is 13.1. The highest BCUT2D eigenvalue weighted by molar-refractivity contribution is 6.24. The Labute approximate surface area is 225 Å². The van der Waals surface area contributed by atoms with Crippen LogP contribution in [0.4, 0.5) is 0 Å². The van der Waals surface area contributed by atoms with Gasteiger partial charge in [0, 0.05) is 50.5 Å². The van der Waals surface area contributed by atoms with Crippen molar-refractivity contribution in [1.82, 2.24) is 9.74 Å². The number of para-hydroxylation sites is 1. The van der Waals surface area contributed by atoms with Gasteiger partial charge in [0.2, 0.25) is 5.91 Å². The number of unbranched alkanes of at least 4 members (excludes halogenated alkanes) is 1. The van der Waals surface area contributed by atoms with Gasteiger partial charge in [-0.2, -0.15) is 0 Å². The molecule has 1 aromatic carbocycles. The van der Waals surface area contributed by atoms with E-state index >= 15 is 0 Å². The van der Waals surface area contributed by atoms with E-state index in [4.69, 9.17) is 38.6 Å². The van der Waals surface area contributed by atoms with Gasteiger partial charge in [0.25, 0.3) is 5.91 Å². The Morgan fingerprint density at radius 1 is 1.19 bits per heavy atom. The van der Waals surface area contributed by atoms with Gasteiger partial charge in [-0.05, 0) is 57.1 Å². The lowest BCUT2D eigenvalue weighted by Crippen LogP contribution is -2.48. The highest BCUT2D eigenvalue weighted by Crippen LogP contribution is 2.25. The number of hydrogen-bond acceptors (Lipinski definition) is 6. The number of methoxy groups -OCH3 is 1. The van der Waals surface area contributed by atoms with E-state index in [2.05, 4.69) is 5.32 Å². The van der Waals surface area contributed by atoms with E-state index in [1.54, 1.807) is 39.2 Å². The Hall–Kier alpha value is -1.58. The minimum Gasteiger partial charge on any atom is -0.493 e. The number of nitrogens with zero attached hydrogens (tertiary/aromatic N) is 1. The molecule has 4 N–H and O–H groups in total. The monoisotopic (exact) mass is 547 g/mol. The average molecular weight is 549 g/mol. The van der Waals surface area contributed by atoms with Gasteiger partial charge >= 0.3 is 0 Å². The first-order chi connectivity index (χ1) is 16.9. The Bertz CT molecular complexity index is 810. The number of benzene rings is 1. The van der Waals surface area contributed by atoms with Crippen molar-refractivity contribution in [3.05, 3.63) is 29.8 Å². The summed E-state index contributed by atoms with van der Waals surface area (Å²) in [6, 6.07) is 6.40. The fourth-order valence-corrected chi connectivity index (χ4v) is 3.82. The summed E-state index contributed by atoms with van der Waals surface area (Å²) in [5, 5.41) is 13.2. The summed E-state index contributed by atoms with van der Waals surface area (Å²) in [6.07, 6.45) is 1.14. The van der Waals surface area contributed by atoms with E-state index in [9.17, 15) is 14.7 Å². The number of ether oxygens (including phenoxy) is 2.